The fourth-order valence-electron chi connectivity index (χ4n) is 1.23. The van der Waals surface area contributed by atoms with Crippen LogP contribution in [0.15, 0.2) is 30.5 Å². The third kappa shape index (κ3) is 2.37. The zero-order chi connectivity index (χ0) is 12.3. The van der Waals surface area contributed by atoms with Crippen molar-refractivity contribution in [2.24, 2.45) is 0 Å². The molecule has 2 aromatic rings. The summed E-state index contributed by atoms with van der Waals surface area (Å²) in [6, 6.07) is 7.84. The van der Waals surface area contributed by atoms with E-state index in [1.807, 2.05) is 6.07 Å². The van der Waals surface area contributed by atoms with Crippen LogP contribution in [0.1, 0.15) is 11.1 Å². The Labute approximate surface area is 97.3 Å². The van der Waals surface area contributed by atoms with Crippen molar-refractivity contribution in [1.82, 2.24) is 10.2 Å². The van der Waals surface area contributed by atoms with Gasteiger partial charge in [-0.2, -0.15) is 10.4 Å². The molecular formula is C12H8FN3O. The first-order valence-electron chi connectivity index (χ1n) is 4.86. The second kappa shape index (κ2) is 4.58. The van der Waals surface area contributed by atoms with Crippen molar-refractivity contribution in [2.45, 2.75) is 6.92 Å². The second-order valence-corrected chi connectivity index (χ2v) is 3.37. The van der Waals surface area contributed by atoms with Gasteiger partial charge in [0.1, 0.15) is 23.2 Å². The number of rotatable bonds is 2. The maximum absolute atomic E-state index is 13.3. The molecule has 0 saturated carbocycles. The molecule has 4 nitrogen and oxygen atoms in total. The highest BCUT2D eigenvalue weighted by atomic mass is 19.1. The van der Waals surface area contributed by atoms with Gasteiger partial charge in [0.05, 0.1) is 6.20 Å². The first kappa shape index (κ1) is 11.0. The van der Waals surface area contributed by atoms with Crippen LogP contribution in [-0.4, -0.2) is 10.2 Å². The van der Waals surface area contributed by atoms with Crippen LogP contribution in [0.4, 0.5) is 4.39 Å². The molecule has 0 aliphatic carbocycles. The van der Waals surface area contributed by atoms with Gasteiger partial charge in [-0.05, 0) is 24.6 Å². The van der Waals surface area contributed by atoms with Crippen LogP contribution in [0.3, 0.4) is 0 Å². The molecule has 0 spiro atoms. The van der Waals surface area contributed by atoms with E-state index in [4.69, 9.17) is 10.00 Å². The summed E-state index contributed by atoms with van der Waals surface area (Å²) in [6.07, 6.45) is 1.39. The molecular weight excluding hydrogens is 221 g/mol. The molecule has 0 atom stereocenters. The Kier molecular flexibility index (Phi) is 2.97. The monoisotopic (exact) mass is 229 g/mol. The largest absolute Gasteiger partial charge is 0.436 e. The van der Waals surface area contributed by atoms with Crippen molar-refractivity contribution in [3.8, 4) is 17.7 Å². The van der Waals surface area contributed by atoms with Gasteiger partial charge in [0.25, 0.3) is 5.88 Å². The van der Waals surface area contributed by atoms with E-state index >= 15 is 0 Å². The Bertz CT molecular complexity index is 593. The van der Waals surface area contributed by atoms with Crippen molar-refractivity contribution in [2.75, 3.05) is 0 Å². The van der Waals surface area contributed by atoms with E-state index in [9.17, 15) is 4.39 Å². The molecule has 5 heteroatoms. The van der Waals surface area contributed by atoms with E-state index in [1.165, 1.54) is 18.3 Å². The van der Waals surface area contributed by atoms with Gasteiger partial charge >= 0.3 is 0 Å². The van der Waals surface area contributed by atoms with Crippen molar-refractivity contribution in [1.29, 1.82) is 5.26 Å². The first-order valence-corrected chi connectivity index (χ1v) is 4.86. The summed E-state index contributed by atoms with van der Waals surface area (Å²) in [4.78, 5) is 0. The fourth-order valence-corrected chi connectivity index (χ4v) is 1.23. The maximum atomic E-state index is 13.3. The molecule has 0 bridgehead atoms. The van der Waals surface area contributed by atoms with Gasteiger partial charge in [-0.1, -0.05) is 6.07 Å². The summed E-state index contributed by atoms with van der Waals surface area (Å²) >= 11 is 0. The number of hydrogen-bond acceptors (Lipinski definition) is 4. The average molecular weight is 229 g/mol. The number of benzene rings is 1. The zero-order valence-corrected chi connectivity index (χ0v) is 9.01. The van der Waals surface area contributed by atoms with Gasteiger partial charge in [-0.3, -0.25) is 0 Å². The van der Waals surface area contributed by atoms with Crippen molar-refractivity contribution in [3.05, 3.63) is 47.4 Å². The molecule has 17 heavy (non-hydrogen) atoms. The van der Waals surface area contributed by atoms with E-state index in [0.29, 0.717) is 5.56 Å². The highest BCUT2D eigenvalue weighted by molar-refractivity contribution is 5.39. The van der Waals surface area contributed by atoms with Crippen LogP contribution < -0.4 is 4.74 Å². The lowest BCUT2D eigenvalue weighted by atomic mass is 10.2. The molecule has 1 aromatic carbocycles. The lowest BCUT2D eigenvalue weighted by molar-refractivity contribution is 0.448. The van der Waals surface area contributed by atoms with Crippen LogP contribution in [0.25, 0.3) is 0 Å². The van der Waals surface area contributed by atoms with Crippen LogP contribution >= 0.6 is 0 Å². The number of ether oxygens (including phenoxy) is 1. The predicted molar refractivity (Wildman–Crippen MR) is 58.0 cm³/mol. The minimum absolute atomic E-state index is 0.0678. The second-order valence-electron chi connectivity index (χ2n) is 3.37. The Morgan fingerprint density at radius 1 is 1.35 bits per heavy atom. The highest BCUT2D eigenvalue weighted by Crippen LogP contribution is 2.23. The first-order chi connectivity index (χ1) is 8.20. The Morgan fingerprint density at radius 2 is 2.18 bits per heavy atom. The van der Waals surface area contributed by atoms with E-state index in [1.54, 1.807) is 19.1 Å². The Balaban J connectivity index is 2.32. The van der Waals surface area contributed by atoms with Gasteiger partial charge in [0.15, 0.2) is 0 Å². The summed E-state index contributed by atoms with van der Waals surface area (Å²) in [5.74, 6) is -0.0201. The molecule has 0 fully saturated rings. The quantitative estimate of drug-likeness (QED) is 0.794. The number of aromatic nitrogens is 2. The van der Waals surface area contributed by atoms with Crippen LogP contribution in [-0.2, 0) is 0 Å². The summed E-state index contributed by atoms with van der Waals surface area (Å²) < 4.78 is 18.6. The fraction of sp³-hybridized carbons (Fsp3) is 0.0833. The molecule has 0 aliphatic rings. The maximum Gasteiger partial charge on any atom is 0.256 e. The van der Waals surface area contributed by atoms with Gasteiger partial charge in [-0.25, -0.2) is 4.39 Å². The minimum Gasteiger partial charge on any atom is -0.436 e. The van der Waals surface area contributed by atoms with Gasteiger partial charge in [0, 0.05) is 6.07 Å². The summed E-state index contributed by atoms with van der Waals surface area (Å²) in [5, 5.41) is 16.1. The Hall–Kier alpha value is -2.48. The average Bonchev–Trinajstić information content (AvgIpc) is 2.34. The number of nitriles is 1. The van der Waals surface area contributed by atoms with Crippen molar-refractivity contribution in [3.63, 3.8) is 0 Å². The van der Waals surface area contributed by atoms with Crippen LogP contribution in [0.5, 0.6) is 11.6 Å². The normalized spacial score (nSPS) is 9.71. The van der Waals surface area contributed by atoms with E-state index < -0.39 is 0 Å². The van der Waals surface area contributed by atoms with E-state index in [2.05, 4.69) is 10.2 Å². The van der Waals surface area contributed by atoms with Crippen LogP contribution in [0.2, 0.25) is 0 Å². The molecule has 0 amide bonds. The molecule has 0 saturated heterocycles. The summed E-state index contributed by atoms with van der Waals surface area (Å²) in [5.41, 5.74) is 0.776. The molecule has 0 N–H and O–H groups in total. The number of halogens is 1. The topological polar surface area (TPSA) is 58.8 Å². The van der Waals surface area contributed by atoms with Crippen LogP contribution in [0, 0.1) is 24.1 Å². The molecule has 0 aliphatic heterocycles. The Morgan fingerprint density at radius 3 is 2.88 bits per heavy atom. The molecule has 1 aromatic heterocycles. The summed E-state index contributed by atoms with van der Waals surface area (Å²) in [7, 11) is 0. The van der Waals surface area contributed by atoms with Crippen molar-refractivity contribution >= 4 is 0 Å². The molecule has 0 radical (unpaired) electrons. The molecule has 2 rings (SSSR count). The highest BCUT2D eigenvalue weighted by Gasteiger charge is 2.07. The van der Waals surface area contributed by atoms with E-state index in [-0.39, 0.29) is 23.0 Å². The SMILES string of the molecule is Cc1ccc(Oc2nnccc2C#N)cc1F. The standard InChI is InChI=1S/C12H8FN3O/c1-8-2-3-10(6-11(8)13)17-12-9(7-14)4-5-15-16-12/h2-6H,1H3. The molecule has 84 valence electrons. The molecule has 1 heterocycles. The zero-order valence-electron chi connectivity index (χ0n) is 9.01. The number of hydrogen-bond donors (Lipinski definition) is 0. The number of nitrogens with zero attached hydrogens (tertiary/aromatic N) is 3. The predicted octanol–water partition coefficient (Wildman–Crippen LogP) is 2.59. The molecule has 0 unspecified atom stereocenters. The van der Waals surface area contributed by atoms with Crippen molar-refractivity contribution < 1.29 is 9.13 Å². The van der Waals surface area contributed by atoms with Gasteiger partial charge in [0.2, 0.25) is 0 Å². The third-order valence-electron chi connectivity index (χ3n) is 2.17. The smallest absolute Gasteiger partial charge is 0.256 e. The number of aryl methyl sites for hydroxylation is 1. The lowest BCUT2D eigenvalue weighted by Gasteiger charge is -2.05. The summed E-state index contributed by atoms with van der Waals surface area (Å²) in [6.45, 7) is 1.65. The lowest BCUT2D eigenvalue weighted by Crippen LogP contribution is -1.94. The third-order valence-corrected chi connectivity index (χ3v) is 2.17. The van der Waals surface area contributed by atoms with Gasteiger partial charge in [-0.15, -0.1) is 5.10 Å². The van der Waals surface area contributed by atoms with E-state index in [0.717, 1.165) is 0 Å². The minimum atomic E-state index is -0.370. The van der Waals surface area contributed by atoms with Gasteiger partial charge < -0.3 is 4.74 Å².